The van der Waals surface area contributed by atoms with Crippen molar-refractivity contribution in [2.75, 3.05) is 11.0 Å². The van der Waals surface area contributed by atoms with E-state index in [1.807, 2.05) is 0 Å². The Morgan fingerprint density at radius 3 is 2.22 bits per heavy atom. The second-order valence-electron chi connectivity index (χ2n) is 8.31. The third kappa shape index (κ3) is 3.89. The maximum absolute atomic E-state index is 16.0. The lowest BCUT2D eigenvalue weighted by atomic mass is 9.83. The van der Waals surface area contributed by atoms with E-state index in [9.17, 15) is 13.5 Å². The number of aryl methyl sites for hydroxylation is 2. The van der Waals surface area contributed by atoms with E-state index in [1.165, 1.54) is 18.5 Å². The second-order valence-corrected chi connectivity index (χ2v) is 10.1. The summed E-state index contributed by atoms with van der Waals surface area (Å²) in [4.78, 5) is 15.7. The zero-order valence-corrected chi connectivity index (χ0v) is 20.3. The molecular weight excluding hydrogens is 487 g/mol. The molecule has 4 aromatic heterocycles. The van der Waals surface area contributed by atoms with E-state index in [-0.39, 0.29) is 39.5 Å². The van der Waals surface area contributed by atoms with Crippen LogP contribution in [0.4, 0.5) is 10.3 Å². The molecule has 184 valence electrons. The van der Waals surface area contributed by atoms with Gasteiger partial charge in [-0.2, -0.15) is 0 Å². The van der Waals surface area contributed by atoms with Crippen LogP contribution in [0.5, 0.6) is 0 Å². The summed E-state index contributed by atoms with van der Waals surface area (Å²) < 4.78 is 47.2. The van der Waals surface area contributed by atoms with E-state index in [2.05, 4.69) is 29.8 Å². The number of imidazole rings is 1. The van der Waals surface area contributed by atoms with Gasteiger partial charge in [-0.25, -0.2) is 17.8 Å². The van der Waals surface area contributed by atoms with Crippen LogP contribution in [0, 0.1) is 19.7 Å². The molecule has 0 radical (unpaired) electrons. The number of pyridine rings is 2. The molecule has 3 N–H and O–H groups in total. The third-order valence-corrected chi connectivity index (χ3v) is 6.31. The van der Waals surface area contributed by atoms with Gasteiger partial charge in [0, 0.05) is 23.5 Å². The van der Waals surface area contributed by atoms with Crippen LogP contribution >= 0.6 is 0 Å². The average Bonchev–Trinajstić information content (AvgIpc) is 3.42. The smallest absolute Gasteiger partial charge is 0.232 e. The molecule has 0 saturated heterocycles. The predicted molar refractivity (Wildman–Crippen MR) is 130 cm³/mol. The number of sulfonamides is 1. The highest BCUT2D eigenvalue weighted by molar-refractivity contribution is 7.92. The summed E-state index contributed by atoms with van der Waals surface area (Å²) in [5.41, 5.74) is -0.662. The number of H-pyrrole nitrogens is 1. The van der Waals surface area contributed by atoms with Gasteiger partial charge in [0.05, 0.1) is 28.9 Å². The van der Waals surface area contributed by atoms with Crippen LogP contribution < -0.4 is 4.72 Å². The highest BCUT2D eigenvalue weighted by atomic mass is 32.2. The van der Waals surface area contributed by atoms with Crippen LogP contribution in [-0.4, -0.2) is 44.9 Å². The molecule has 0 spiro atoms. The first-order chi connectivity index (χ1) is 17.1. The minimum absolute atomic E-state index is 0.00651. The zero-order valence-electron chi connectivity index (χ0n) is 19.4. The molecule has 0 aliphatic heterocycles. The van der Waals surface area contributed by atoms with Crippen LogP contribution in [0.3, 0.4) is 0 Å². The van der Waals surface area contributed by atoms with Gasteiger partial charge in [-0.15, -0.1) is 0 Å². The molecule has 0 atom stereocenters. The molecule has 0 bridgehead atoms. The number of benzene rings is 1. The van der Waals surface area contributed by atoms with Gasteiger partial charge in [-0.3, -0.25) is 14.7 Å². The Balaban J connectivity index is 1.92. The highest BCUT2D eigenvalue weighted by Crippen LogP contribution is 2.43. The van der Waals surface area contributed by atoms with Gasteiger partial charge in [0.2, 0.25) is 16.0 Å². The first-order valence-corrected chi connectivity index (χ1v) is 12.7. The molecule has 4 heterocycles. The van der Waals surface area contributed by atoms with E-state index in [4.69, 9.17) is 4.52 Å². The highest BCUT2D eigenvalue weighted by Gasteiger charge is 2.40. The Kier molecular flexibility index (Phi) is 5.57. The Bertz CT molecular complexity index is 1630. The summed E-state index contributed by atoms with van der Waals surface area (Å²) in [6.45, 7) is 3.31. The Morgan fingerprint density at radius 1 is 1.08 bits per heavy atom. The molecule has 0 fully saturated rings. The van der Waals surface area contributed by atoms with E-state index < -0.39 is 21.4 Å². The SMILES string of the molecule is Cc1noc(C)c1-c1cc(C(O)(c2ccccn2)c2ccccn2)c2nc(NS(C)(=O)=O)[nH]c2c1F. The van der Waals surface area contributed by atoms with Crippen molar-refractivity contribution in [1.82, 2.24) is 25.1 Å². The van der Waals surface area contributed by atoms with Gasteiger partial charge in [0.1, 0.15) is 16.8 Å². The van der Waals surface area contributed by atoms with E-state index >= 15 is 4.39 Å². The van der Waals surface area contributed by atoms with E-state index in [0.29, 0.717) is 17.0 Å². The summed E-state index contributed by atoms with van der Waals surface area (Å²) in [5, 5.41) is 16.3. The topological polar surface area (TPSA) is 147 Å². The minimum atomic E-state index is -3.74. The monoisotopic (exact) mass is 508 g/mol. The first-order valence-electron chi connectivity index (χ1n) is 10.8. The van der Waals surface area contributed by atoms with Gasteiger partial charge in [-0.05, 0) is 44.2 Å². The summed E-state index contributed by atoms with van der Waals surface area (Å²) in [6, 6.07) is 11.5. The fraction of sp³-hybridized carbons (Fsp3) is 0.167. The Labute approximate surface area is 205 Å². The summed E-state index contributed by atoms with van der Waals surface area (Å²) in [5.74, 6) is -0.570. The molecule has 1 aromatic carbocycles. The van der Waals surface area contributed by atoms with Crippen molar-refractivity contribution in [3.8, 4) is 11.1 Å². The van der Waals surface area contributed by atoms with Gasteiger partial charge in [0.25, 0.3) is 0 Å². The van der Waals surface area contributed by atoms with Crippen LogP contribution in [0.2, 0.25) is 0 Å². The zero-order chi connectivity index (χ0) is 25.7. The Hall–Kier alpha value is -4.16. The average molecular weight is 509 g/mol. The number of aromatic nitrogens is 5. The lowest BCUT2D eigenvalue weighted by Crippen LogP contribution is -2.31. The van der Waals surface area contributed by atoms with Gasteiger partial charge >= 0.3 is 0 Å². The molecule has 0 unspecified atom stereocenters. The Morgan fingerprint density at radius 2 is 1.72 bits per heavy atom. The molecule has 5 aromatic rings. The first kappa shape index (κ1) is 23.6. The fourth-order valence-corrected chi connectivity index (χ4v) is 4.70. The molecular formula is C24H21FN6O4S. The quantitative estimate of drug-likeness (QED) is 0.316. The number of aromatic amines is 1. The number of hydrogen-bond acceptors (Lipinski definition) is 8. The normalized spacial score (nSPS) is 12.2. The minimum Gasteiger partial charge on any atom is -0.373 e. The molecule has 0 saturated carbocycles. The number of anilines is 1. The second kappa shape index (κ2) is 8.50. The standard InChI is InChI=1S/C24H21FN6O4S/c1-13-19(14(2)35-30-13)15-12-16(21-22(20(15)25)29-23(28-21)31-36(3,33)34)24(32,17-8-4-6-10-26-17)18-9-5-7-11-27-18/h4-12,32H,1-3H3,(H2,28,29,31). The third-order valence-electron chi connectivity index (χ3n) is 5.75. The van der Waals surface area contributed by atoms with Gasteiger partial charge in [0.15, 0.2) is 11.4 Å². The van der Waals surface area contributed by atoms with E-state index in [0.717, 1.165) is 6.26 Å². The number of rotatable bonds is 6. The number of halogens is 1. The van der Waals surface area contributed by atoms with Crippen molar-refractivity contribution >= 4 is 27.0 Å². The molecule has 0 aliphatic rings. The summed E-state index contributed by atoms with van der Waals surface area (Å²) >= 11 is 0. The van der Waals surface area contributed by atoms with Crippen molar-refractivity contribution in [3.63, 3.8) is 0 Å². The summed E-state index contributed by atoms with van der Waals surface area (Å²) in [7, 11) is -3.74. The van der Waals surface area contributed by atoms with Crippen molar-refractivity contribution < 1.29 is 22.4 Å². The van der Waals surface area contributed by atoms with Crippen LogP contribution in [0.25, 0.3) is 22.2 Å². The van der Waals surface area contributed by atoms with Crippen molar-refractivity contribution in [1.29, 1.82) is 0 Å². The lowest BCUT2D eigenvalue weighted by Gasteiger charge is -2.28. The molecule has 10 nitrogen and oxygen atoms in total. The van der Waals surface area contributed by atoms with Crippen molar-refractivity contribution in [2.24, 2.45) is 0 Å². The predicted octanol–water partition coefficient (Wildman–Crippen LogP) is 3.42. The maximum Gasteiger partial charge on any atom is 0.232 e. The number of nitrogens with zero attached hydrogens (tertiary/aromatic N) is 4. The molecule has 36 heavy (non-hydrogen) atoms. The van der Waals surface area contributed by atoms with Gasteiger partial charge in [-0.1, -0.05) is 17.3 Å². The van der Waals surface area contributed by atoms with Crippen molar-refractivity contribution in [2.45, 2.75) is 19.4 Å². The number of hydrogen-bond donors (Lipinski definition) is 3. The lowest BCUT2D eigenvalue weighted by molar-refractivity contribution is 0.117. The van der Waals surface area contributed by atoms with E-state index in [1.54, 1.807) is 50.2 Å². The molecule has 0 amide bonds. The number of nitrogens with one attached hydrogen (secondary N) is 2. The number of fused-ring (bicyclic) bond motifs is 1. The van der Waals surface area contributed by atoms with Crippen LogP contribution in [0.1, 0.15) is 28.4 Å². The summed E-state index contributed by atoms with van der Waals surface area (Å²) in [6.07, 6.45) is 3.98. The van der Waals surface area contributed by atoms with Crippen molar-refractivity contribution in [3.05, 3.63) is 89.1 Å². The van der Waals surface area contributed by atoms with Gasteiger partial charge < -0.3 is 14.6 Å². The molecule has 0 aliphatic carbocycles. The molecule has 12 heteroatoms. The van der Waals surface area contributed by atoms with Crippen LogP contribution in [-0.2, 0) is 15.6 Å². The van der Waals surface area contributed by atoms with Crippen LogP contribution in [0.15, 0.2) is 59.4 Å². The number of aliphatic hydroxyl groups is 1. The molecule has 5 rings (SSSR count). The fourth-order valence-electron chi connectivity index (χ4n) is 4.25. The largest absolute Gasteiger partial charge is 0.373 e. The maximum atomic E-state index is 16.0.